The first-order chi connectivity index (χ1) is 6.75. The molecule has 0 spiro atoms. The zero-order valence-electron chi connectivity index (χ0n) is 7.91. The molecule has 0 amide bonds. The zero-order chi connectivity index (χ0) is 9.71. The van der Waals surface area contributed by atoms with Crippen molar-refractivity contribution in [1.82, 2.24) is 9.55 Å². The Hall–Kier alpha value is -1.58. The van der Waals surface area contributed by atoms with Gasteiger partial charge in [0.05, 0.1) is 0 Å². The lowest BCUT2D eigenvalue weighted by molar-refractivity contribution is 0.563. The van der Waals surface area contributed by atoms with Crippen LogP contribution in [0.4, 0.5) is 0 Å². The van der Waals surface area contributed by atoms with Crippen molar-refractivity contribution in [3.63, 3.8) is 0 Å². The minimum atomic E-state index is 0.0411. The van der Waals surface area contributed by atoms with Crippen LogP contribution in [0.1, 0.15) is 18.0 Å². The van der Waals surface area contributed by atoms with Crippen LogP contribution in [-0.4, -0.2) is 9.55 Å². The molecule has 72 valence electrons. The van der Waals surface area contributed by atoms with Gasteiger partial charge in [0.15, 0.2) is 0 Å². The monoisotopic (exact) mass is 190 g/mol. The Kier molecular flexibility index (Phi) is 1.37. The Morgan fingerprint density at radius 3 is 3.29 bits per heavy atom. The summed E-state index contributed by atoms with van der Waals surface area (Å²) in [5.74, 6) is 1.60. The van der Waals surface area contributed by atoms with E-state index in [0.29, 0.717) is 11.1 Å². The van der Waals surface area contributed by atoms with Gasteiger partial charge in [-0.25, -0.2) is 0 Å². The minimum Gasteiger partial charge on any atom is -0.443 e. The topological polar surface area (TPSA) is 48.0 Å². The molecule has 2 aromatic heterocycles. The lowest BCUT2D eigenvalue weighted by Crippen LogP contribution is -2.20. The van der Waals surface area contributed by atoms with Crippen molar-refractivity contribution in [1.29, 1.82) is 0 Å². The van der Waals surface area contributed by atoms with Crippen LogP contribution in [0, 0.1) is 6.92 Å². The summed E-state index contributed by atoms with van der Waals surface area (Å²) in [6.07, 6.45) is 1.89. The second-order valence-electron chi connectivity index (χ2n) is 3.66. The number of rotatable bonds is 0. The van der Waals surface area contributed by atoms with Crippen LogP contribution >= 0.6 is 0 Å². The summed E-state index contributed by atoms with van der Waals surface area (Å²) in [5.41, 5.74) is 0.528. The van der Waals surface area contributed by atoms with E-state index >= 15 is 0 Å². The molecule has 0 bridgehead atoms. The fourth-order valence-corrected chi connectivity index (χ4v) is 2.00. The standard InChI is InChI=1S/C10H10N2O2/c1-6-5-7-9(14-6)11-8-3-2-4-12(8)10(7)13/h5H,2-4H2,1H3. The highest BCUT2D eigenvalue weighted by atomic mass is 16.3. The average Bonchev–Trinajstić information content (AvgIpc) is 2.71. The molecule has 3 rings (SSSR count). The number of hydrogen-bond acceptors (Lipinski definition) is 3. The van der Waals surface area contributed by atoms with Crippen LogP contribution in [-0.2, 0) is 13.0 Å². The van der Waals surface area contributed by atoms with Crippen molar-refractivity contribution >= 4 is 11.1 Å². The Bertz CT molecular complexity index is 565. The fourth-order valence-electron chi connectivity index (χ4n) is 2.00. The molecular weight excluding hydrogens is 180 g/mol. The van der Waals surface area contributed by atoms with Gasteiger partial charge in [-0.1, -0.05) is 0 Å². The van der Waals surface area contributed by atoms with Crippen LogP contribution in [0.15, 0.2) is 15.3 Å². The summed E-state index contributed by atoms with van der Waals surface area (Å²) >= 11 is 0. The highest BCUT2D eigenvalue weighted by Crippen LogP contribution is 2.17. The number of aryl methyl sites for hydroxylation is 2. The van der Waals surface area contributed by atoms with E-state index in [1.54, 1.807) is 10.6 Å². The fraction of sp³-hybridized carbons (Fsp3) is 0.400. The average molecular weight is 190 g/mol. The molecule has 0 aromatic carbocycles. The van der Waals surface area contributed by atoms with Crippen LogP contribution < -0.4 is 5.56 Å². The molecule has 2 aromatic rings. The molecule has 0 aliphatic carbocycles. The molecule has 4 nitrogen and oxygen atoms in total. The van der Waals surface area contributed by atoms with E-state index in [1.807, 2.05) is 6.92 Å². The number of furan rings is 1. The Balaban J connectivity index is 2.49. The van der Waals surface area contributed by atoms with Gasteiger partial charge in [0.2, 0.25) is 5.71 Å². The molecule has 0 N–H and O–H groups in total. The number of aromatic nitrogens is 2. The molecule has 1 aliphatic heterocycles. The molecule has 1 aliphatic rings. The molecule has 0 radical (unpaired) electrons. The number of hydrogen-bond donors (Lipinski definition) is 0. The third kappa shape index (κ3) is 0.880. The van der Waals surface area contributed by atoms with E-state index in [2.05, 4.69) is 4.98 Å². The molecule has 4 heteroatoms. The van der Waals surface area contributed by atoms with Crippen molar-refractivity contribution in [2.24, 2.45) is 0 Å². The maximum atomic E-state index is 11.9. The Labute approximate surface area is 80.2 Å². The van der Waals surface area contributed by atoms with Crippen molar-refractivity contribution in [2.45, 2.75) is 26.3 Å². The first kappa shape index (κ1) is 7.79. The van der Waals surface area contributed by atoms with Gasteiger partial charge in [-0.2, -0.15) is 4.98 Å². The Morgan fingerprint density at radius 1 is 1.57 bits per heavy atom. The van der Waals surface area contributed by atoms with Crippen molar-refractivity contribution < 1.29 is 4.42 Å². The number of nitrogens with zero attached hydrogens (tertiary/aromatic N) is 2. The maximum Gasteiger partial charge on any atom is 0.264 e. The van der Waals surface area contributed by atoms with Gasteiger partial charge >= 0.3 is 0 Å². The van der Waals surface area contributed by atoms with Crippen molar-refractivity contribution in [3.8, 4) is 0 Å². The quantitative estimate of drug-likeness (QED) is 0.628. The zero-order valence-corrected chi connectivity index (χ0v) is 7.91. The highest BCUT2D eigenvalue weighted by Gasteiger charge is 2.17. The lowest BCUT2D eigenvalue weighted by atomic mass is 10.3. The summed E-state index contributed by atoms with van der Waals surface area (Å²) < 4.78 is 7.10. The van der Waals surface area contributed by atoms with Gasteiger partial charge in [0, 0.05) is 13.0 Å². The van der Waals surface area contributed by atoms with Gasteiger partial charge in [-0.05, 0) is 19.4 Å². The molecular formula is C10H10N2O2. The maximum absolute atomic E-state index is 11.9. The van der Waals surface area contributed by atoms with E-state index in [0.717, 1.165) is 31.0 Å². The third-order valence-electron chi connectivity index (χ3n) is 2.64. The molecule has 0 saturated carbocycles. The van der Waals surface area contributed by atoms with Crippen LogP contribution in [0.5, 0.6) is 0 Å². The molecule has 0 fully saturated rings. The molecule has 0 unspecified atom stereocenters. The van der Waals surface area contributed by atoms with E-state index in [4.69, 9.17) is 4.42 Å². The highest BCUT2D eigenvalue weighted by molar-refractivity contribution is 5.72. The van der Waals surface area contributed by atoms with E-state index in [-0.39, 0.29) is 5.56 Å². The summed E-state index contributed by atoms with van der Waals surface area (Å²) in [6.45, 7) is 2.62. The molecule has 3 heterocycles. The van der Waals surface area contributed by atoms with Gasteiger partial charge < -0.3 is 4.42 Å². The Morgan fingerprint density at radius 2 is 2.43 bits per heavy atom. The second kappa shape index (κ2) is 2.47. The molecule has 0 atom stereocenters. The van der Waals surface area contributed by atoms with Gasteiger partial charge in [-0.15, -0.1) is 0 Å². The van der Waals surface area contributed by atoms with Gasteiger partial charge in [0.25, 0.3) is 5.56 Å². The first-order valence-electron chi connectivity index (χ1n) is 4.75. The summed E-state index contributed by atoms with van der Waals surface area (Å²) in [5, 5.41) is 0.605. The predicted molar refractivity (Wildman–Crippen MR) is 51.3 cm³/mol. The lowest BCUT2D eigenvalue weighted by Gasteiger charge is -1.99. The normalized spacial score (nSPS) is 14.9. The van der Waals surface area contributed by atoms with Gasteiger partial charge in [-0.3, -0.25) is 9.36 Å². The summed E-state index contributed by atoms with van der Waals surface area (Å²) in [4.78, 5) is 16.2. The second-order valence-corrected chi connectivity index (χ2v) is 3.66. The van der Waals surface area contributed by atoms with Crippen LogP contribution in [0.3, 0.4) is 0 Å². The van der Waals surface area contributed by atoms with Crippen LogP contribution in [0.2, 0.25) is 0 Å². The smallest absolute Gasteiger partial charge is 0.264 e. The summed E-state index contributed by atoms with van der Waals surface area (Å²) in [7, 11) is 0. The van der Waals surface area contributed by atoms with E-state index in [9.17, 15) is 4.79 Å². The third-order valence-corrected chi connectivity index (χ3v) is 2.64. The van der Waals surface area contributed by atoms with Crippen LogP contribution in [0.25, 0.3) is 11.1 Å². The SMILES string of the molecule is Cc1cc2c(=O)n3c(nc2o1)CCC3. The molecule has 0 saturated heterocycles. The van der Waals surface area contributed by atoms with Crippen molar-refractivity contribution in [2.75, 3.05) is 0 Å². The largest absolute Gasteiger partial charge is 0.443 e. The predicted octanol–water partition coefficient (Wildman–Crippen LogP) is 1.24. The summed E-state index contributed by atoms with van der Waals surface area (Å²) in [6, 6.07) is 1.76. The number of fused-ring (bicyclic) bond motifs is 2. The minimum absolute atomic E-state index is 0.0411. The molecule has 14 heavy (non-hydrogen) atoms. The van der Waals surface area contributed by atoms with Gasteiger partial charge in [0.1, 0.15) is 17.0 Å². The van der Waals surface area contributed by atoms with E-state index in [1.165, 1.54) is 0 Å². The first-order valence-corrected chi connectivity index (χ1v) is 4.75. The van der Waals surface area contributed by atoms with E-state index < -0.39 is 0 Å². The van der Waals surface area contributed by atoms with Crippen molar-refractivity contribution in [3.05, 3.63) is 28.0 Å².